The smallest absolute Gasteiger partial charge is 0.369 e. The van der Waals surface area contributed by atoms with E-state index >= 15 is 0 Å². The van der Waals surface area contributed by atoms with Crippen LogP contribution in [0.2, 0.25) is 0 Å². The van der Waals surface area contributed by atoms with E-state index in [0.29, 0.717) is 103 Å². The second-order valence-electron chi connectivity index (χ2n) is 40.8. The molecule has 7 aliphatic rings. The Bertz CT molecular complexity index is 3410. The van der Waals surface area contributed by atoms with Crippen molar-refractivity contribution in [3.05, 3.63) is 24.5 Å². The van der Waals surface area contributed by atoms with Crippen molar-refractivity contribution in [2.24, 2.45) is 5.16 Å². The molecule has 0 bridgehead atoms. The molecule has 0 radical (unpaired) electrons. The third-order valence-corrected chi connectivity index (χ3v) is 22.6. The number of nitrogens with one attached hydrogen (secondary N) is 5. The number of oxime groups is 1. The molecular weight excluding hydrogens is 1600 g/mol. The van der Waals surface area contributed by atoms with E-state index in [-0.39, 0.29) is 166 Å². The number of hydroxylamine groups is 12. The van der Waals surface area contributed by atoms with Gasteiger partial charge in [-0.2, -0.15) is 30.4 Å². The molecule has 7 saturated heterocycles. The highest BCUT2D eigenvalue weighted by Crippen LogP contribution is 2.42. The van der Waals surface area contributed by atoms with Crippen LogP contribution in [0.25, 0.3) is 0 Å². The lowest BCUT2D eigenvalue weighted by molar-refractivity contribution is -0.246. The number of carboxylic acids is 4. The predicted octanol–water partition coefficient (Wildman–Crippen LogP) is 9.31. The Hall–Kier alpha value is -7.15. The minimum atomic E-state index is -1.15. The van der Waals surface area contributed by atoms with Crippen molar-refractivity contribution in [1.82, 2.24) is 66.8 Å². The summed E-state index contributed by atoms with van der Waals surface area (Å²) in [6.07, 6.45) is 11.7. The number of amides is 5. The molecule has 5 amide bonds. The number of aliphatic hydroxyl groups excluding tert-OH is 1. The summed E-state index contributed by atoms with van der Waals surface area (Å²) in [6.45, 7) is 50.5. The number of rotatable bonds is 25. The molecule has 0 aromatic rings. The van der Waals surface area contributed by atoms with Gasteiger partial charge in [0.1, 0.15) is 6.54 Å². The first-order valence-corrected chi connectivity index (χ1v) is 41.7. The number of unbranched alkanes of at least 4 members (excludes halogenated alkanes) is 1. The number of carbonyl (C=O) groups excluding carboxylic acids is 6. The Morgan fingerprint density at radius 3 is 1.02 bits per heavy atom. The number of hydrogen-bond donors (Lipinski definition) is 17. The van der Waals surface area contributed by atoms with Gasteiger partial charge in [0, 0.05) is 167 Å². The number of aliphatic carboxylic acids is 4. The first kappa shape index (κ1) is 116. The van der Waals surface area contributed by atoms with Gasteiger partial charge in [-0.15, -0.1) is 0 Å². The van der Waals surface area contributed by atoms with Crippen LogP contribution in [0.3, 0.4) is 0 Å². The van der Waals surface area contributed by atoms with Gasteiger partial charge in [0.2, 0.25) is 29.5 Å². The molecule has 0 spiro atoms. The number of piperidine rings is 6. The summed E-state index contributed by atoms with van der Waals surface area (Å²) in [6, 6.07) is -0.183. The molecular formula is C85H160N14O24. The molecule has 714 valence electrons. The molecule has 123 heavy (non-hydrogen) atoms. The van der Waals surface area contributed by atoms with Gasteiger partial charge < -0.3 is 88.6 Å². The van der Waals surface area contributed by atoms with Crippen molar-refractivity contribution in [2.45, 2.75) is 406 Å². The lowest BCUT2D eigenvalue weighted by Gasteiger charge is -2.51. The van der Waals surface area contributed by atoms with Crippen molar-refractivity contribution >= 4 is 65.1 Å². The van der Waals surface area contributed by atoms with Crippen molar-refractivity contribution in [2.75, 3.05) is 45.9 Å². The maximum atomic E-state index is 12.7. The topological polar surface area (TPSA) is 530 Å². The number of aliphatic hydroxyl groups is 1. The summed E-state index contributed by atoms with van der Waals surface area (Å²) in [7, 11) is 0. The van der Waals surface area contributed by atoms with E-state index in [9.17, 15) is 84.3 Å². The fourth-order valence-corrected chi connectivity index (χ4v) is 18.2. The maximum Gasteiger partial charge on any atom is 0.369 e. The van der Waals surface area contributed by atoms with E-state index < -0.39 is 69.0 Å². The first-order valence-electron chi connectivity index (χ1n) is 41.7. The van der Waals surface area contributed by atoms with E-state index in [2.05, 4.69) is 43.2 Å². The first-order chi connectivity index (χ1) is 54.9. The van der Waals surface area contributed by atoms with Crippen LogP contribution >= 0.6 is 0 Å². The summed E-state index contributed by atoms with van der Waals surface area (Å²) in [5.74, 6) is -5.31. The number of hydrogen-bond acceptors (Lipinski definition) is 29. The van der Waals surface area contributed by atoms with Crippen LogP contribution in [-0.4, -0.2) is 310 Å². The standard InChI is InChI=1S/C20H34N4O7.C15H28N2O4.C13H24N2O4.C13H22N2O4.C13H26N2O3.C9H18N2O2.2CH4/c1-14-10-22(13-18(28)31-30-14)6-7-23(12-17(26)27)11-16(25)21-15-8-19(2,3)24(29)20(4,5)9-15;1-14(2)9-11(10-15(3,4)17(14)21)16-12(18)7-5-6-8-13(19)20;2*1-12(2)7-9(8-13(3,4)15(12)19)14-10(16)5-6-11(17)18;1-12(2)8-10(9-13(3,4)15(12)18)14-11(17)6-5-7-16;1-8(2)5-7(10-12)6-9(3,4)11(8)13;;/h15,29H,1,6-13H2,2-5H3,(H,21,25)(H,26,27);11,21H,5-10H2,1-4H3,(H,16,18)(H,19,20);9,19H,5-8H2,1-4H3,(H,14,16)(H,17,18);5-6,9,19H,7-8H2,1-4H3,(H,14,16)(H,17,18);10,16,18H,5-9H2,1-4H3,(H,14,17);12-13H,5-6H2,1-4H3;2*1H4/b;;;6-5-;;;;. The molecule has 17 N–H and O–H groups in total. The third kappa shape index (κ3) is 38.9. The Morgan fingerprint density at radius 2 is 0.707 bits per heavy atom. The highest BCUT2D eigenvalue weighted by molar-refractivity contribution is 5.94. The van der Waals surface area contributed by atoms with Gasteiger partial charge in [-0.05, 0) is 250 Å². The van der Waals surface area contributed by atoms with Gasteiger partial charge in [-0.1, -0.05) is 26.6 Å². The normalized spacial score (nSPS) is 23.0. The molecule has 7 aliphatic heterocycles. The summed E-state index contributed by atoms with van der Waals surface area (Å²) < 4.78 is 0. The molecule has 7 rings (SSSR count). The largest absolute Gasteiger partial charge is 0.481 e. The lowest BCUT2D eigenvalue weighted by atomic mass is 9.79. The second-order valence-corrected chi connectivity index (χ2v) is 40.8. The van der Waals surface area contributed by atoms with Crippen LogP contribution < -0.4 is 26.6 Å². The van der Waals surface area contributed by atoms with Gasteiger partial charge in [0.05, 0.1) is 31.8 Å². The zero-order valence-corrected chi connectivity index (χ0v) is 76.6. The molecule has 0 aromatic heterocycles. The van der Waals surface area contributed by atoms with Crippen LogP contribution in [0, 0.1) is 0 Å². The van der Waals surface area contributed by atoms with Crippen molar-refractivity contribution in [1.29, 1.82) is 0 Å². The zero-order valence-electron chi connectivity index (χ0n) is 76.6. The van der Waals surface area contributed by atoms with Gasteiger partial charge in [-0.25, -0.2) is 14.5 Å². The lowest BCUT2D eigenvalue weighted by Crippen LogP contribution is -2.63. The van der Waals surface area contributed by atoms with E-state index in [0.717, 1.165) is 30.7 Å². The average molecular weight is 1760 g/mol. The Morgan fingerprint density at radius 1 is 0.407 bits per heavy atom. The van der Waals surface area contributed by atoms with Crippen LogP contribution in [-0.2, 0) is 57.7 Å². The Balaban J connectivity index is 0.00000147. The van der Waals surface area contributed by atoms with Crippen LogP contribution in [0.5, 0.6) is 0 Å². The van der Waals surface area contributed by atoms with E-state index in [4.69, 9.17) is 30.5 Å². The highest BCUT2D eigenvalue weighted by Gasteiger charge is 2.51. The minimum Gasteiger partial charge on any atom is -0.481 e. The molecule has 0 aromatic carbocycles. The summed E-state index contributed by atoms with van der Waals surface area (Å²) in [5.41, 5.74) is -4.20. The molecule has 0 atom stereocenters. The predicted molar refractivity (Wildman–Crippen MR) is 461 cm³/mol. The van der Waals surface area contributed by atoms with Gasteiger partial charge in [0.25, 0.3) is 0 Å². The number of carbonyl (C=O) groups is 10. The highest BCUT2D eigenvalue weighted by atomic mass is 17.2. The summed E-state index contributed by atoms with van der Waals surface area (Å²) in [4.78, 5) is 126. The zero-order chi connectivity index (χ0) is 93.6. The number of carboxylic acid groups (broad SMARTS) is 4. The van der Waals surface area contributed by atoms with Crippen molar-refractivity contribution in [3.63, 3.8) is 0 Å². The summed E-state index contributed by atoms with van der Waals surface area (Å²) >= 11 is 0. The van der Waals surface area contributed by atoms with E-state index in [1.54, 1.807) is 4.90 Å². The monoisotopic (exact) mass is 1760 g/mol. The molecule has 7 heterocycles. The van der Waals surface area contributed by atoms with Gasteiger partial charge in [0.15, 0.2) is 5.76 Å². The van der Waals surface area contributed by atoms with E-state index in [1.165, 1.54) is 35.3 Å². The Labute approximate surface area is 730 Å². The number of nitrogens with zero attached hydrogens (tertiary/aromatic N) is 9. The van der Waals surface area contributed by atoms with E-state index in [1.807, 2.05) is 166 Å². The quantitative estimate of drug-likeness (QED) is 0.0133. The average Bonchev–Trinajstić information content (AvgIpc) is 1.55. The van der Waals surface area contributed by atoms with Crippen LogP contribution in [0.4, 0.5) is 0 Å². The SMILES string of the molecule is C.C.C=C1CN(CCN(CC(=O)O)CC(=O)NC2CC(C)(C)N(O)C(C)(C)C2)CC(=O)OO1.CC1(C)CC(=NO)CC(C)(C)N1O.CC1(C)CC(NC(=O)/C=C\C(=O)O)CC(C)(C)N1O.CC1(C)CC(NC(=O)CCC(=O)O)CC(C)(C)N1O.CC1(C)CC(NC(=O)CCCCC(=O)O)CC(C)(C)N1O.CC1(C)CC(NC(=O)CCCO)CC(C)(C)N1O. The second kappa shape index (κ2) is 47.6. The Kier molecular flexibility index (Phi) is 44.8. The maximum absolute atomic E-state index is 12.7. The molecule has 0 aliphatic carbocycles. The molecule has 7 fully saturated rings. The molecule has 38 heteroatoms. The van der Waals surface area contributed by atoms with Gasteiger partial charge in [-0.3, -0.25) is 53.0 Å². The molecule has 0 saturated carbocycles. The van der Waals surface area contributed by atoms with Crippen LogP contribution in [0.1, 0.15) is 309 Å². The van der Waals surface area contributed by atoms with Crippen LogP contribution in [0.15, 0.2) is 29.6 Å². The summed E-state index contributed by atoms with van der Waals surface area (Å²) in [5, 5.41) is 139. The minimum absolute atomic E-state index is 0. The third-order valence-electron chi connectivity index (χ3n) is 22.6. The fraction of sp³-hybridized carbons (Fsp3) is 0.824. The molecule has 38 nitrogen and oxygen atoms in total. The van der Waals surface area contributed by atoms with Crippen molar-refractivity contribution < 1.29 is 120 Å². The van der Waals surface area contributed by atoms with Crippen molar-refractivity contribution in [3.8, 4) is 0 Å². The van der Waals surface area contributed by atoms with Gasteiger partial charge >= 0.3 is 29.8 Å². The molecule has 0 unspecified atom stereocenters. The fourth-order valence-electron chi connectivity index (χ4n) is 18.2.